The SMILES string of the molecule is C=C/C=C\C(C)=C(/C)c1ccccc1[C@H](CCC)c1ccccc1/C(C)=C/C=C\C=C\CCC. The van der Waals surface area contributed by atoms with Gasteiger partial charge in [0.05, 0.1) is 0 Å². The minimum Gasteiger partial charge on any atom is -0.0991 e. The van der Waals surface area contributed by atoms with Gasteiger partial charge in [-0.3, -0.25) is 0 Å². The van der Waals surface area contributed by atoms with Gasteiger partial charge in [0.25, 0.3) is 0 Å². The fourth-order valence-electron chi connectivity index (χ4n) is 4.31. The van der Waals surface area contributed by atoms with Crippen LogP contribution in [0.4, 0.5) is 0 Å². The van der Waals surface area contributed by atoms with Crippen molar-refractivity contribution < 1.29 is 0 Å². The monoisotopic (exact) mass is 450 g/mol. The number of hydrogen-bond acceptors (Lipinski definition) is 0. The van der Waals surface area contributed by atoms with Crippen LogP contribution < -0.4 is 0 Å². The summed E-state index contributed by atoms with van der Waals surface area (Å²) >= 11 is 0. The smallest absolute Gasteiger partial charge is 0.0101 e. The Labute approximate surface area is 208 Å². The predicted octanol–water partition coefficient (Wildman–Crippen LogP) is 10.5. The first-order valence-corrected chi connectivity index (χ1v) is 12.7. The van der Waals surface area contributed by atoms with Crippen LogP contribution in [0.15, 0.2) is 109 Å². The van der Waals surface area contributed by atoms with Crippen molar-refractivity contribution >= 4 is 11.1 Å². The Morgan fingerprint density at radius 1 is 0.794 bits per heavy atom. The number of hydrogen-bond donors (Lipinski definition) is 0. The summed E-state index contributed by atoms with van der Waals surface area (Å²) in [7, 11) is 0. The van der Waals surface area contributed by atoms with E-state index in [9.17, 15) is 0 Å². The maximum Gasteiger partial charge on any atom is 0.0101 e. The van der Waals surface area contributed by atoms with E-state index in [1.54, 1.807) is 0 Å². The second-order valence-corrected chi connectivity index (χ2v) is 8.87. The fraction of sp³-hybridized carbons (Fsp3) is 0.294. The maximum atomic E-state index is 3.82. The van der Waals surface area contributed by atoms with E-state index in [4.69, 9.17) is 0 Å². The average Bonchev–Trinajstić information content (AvgIpc) is 2.87. The van der Waals surface area contributed by atoms with Gasteiger partial charge in [0, 0.05) is 5.92 Å². The van der Waals surface area contributed by atoms with Gasteiger partial charge < -0.3 is 0 Å². The Hall–Kier alpha value is -3.12. The molecule has 0 N–H and O–H groups in total. The number of benzene rings is 2. The van der Waals surface area contributed by atoms with Crippen molar-refractivity contribution in [2.24, 2.45) is 0 Å². The molecule has 0 aliphatic heterocycles. The molecule has 178 valence electrons. The third-order valence-electron chi connectivity index (χ3n) is 6.31. The second kappa shape index (κ2) is 14.9. The lowest BCUT2D eigenvalue weighted by Gasteiger charge is -2.24. The molecule has 0 unspecified atom stereocenters. The van der Waals surface area contributed by atoms with Crippen molar-refractivity contribution in [3.63, 3.8) is 0 Å². The van der Waals surface area contributed by atoms with Crippen LogP contribution in [0, 0.1) is 0 Å². The third kappa shape index (κ3) is 7.73. The van der Waals surface area contributed by atoms with Crippen molar-refractivity contribution in [1.82, 2.24) is 0 Å². The summed E-state index contributed by atoms with van der Waals surface area (Å²) in [6.07, 6.45) is 21.5. The molecule has 0 nitrogen and oxygen atoms in total. The highest BCUT2D eigenvalue weighted by molar-refractivity contribution is 5.74. The second-order valence-electron chi connectivity index (χ2n) is 8.87. The van der Waals surface area contributed by atoms with Crippen molar-refractivity contribution in [1.29, 1.82) is 0 Å². The molecule has 1 atom stereocenters. The molecule has 0 aliphatic rings. The number of rotatable bonds is 12. The van der Waals surface area contributed by atoms with Crippen LogP contribution in [-0.2, 0) is 0 Å². The Balaban J connectivity index is 2.55. The third-order valence-corrected chi connectivity index (χ3v) is 6.31. The summed E-state index contributed by atoms with van der Waals surface area (Å²) in [5.74, 6) is 0.348. The highest BCUT2D eigenvalue weighted by Crippen LogP contribution is 2.38. The van der Waals surface area contributed by atoms with Gasteiger partial charge in [-0.2, -0.15) is 0 Å². The fourth-order valence-corrected chi connectivity index (χ4v) is 4.31. The molecule has 2 aromatic carbocycles. The van der Waals surface area contributed by atoms with Crippen LogP contribution in [0.2, 0.25) is 0 Å². The Bertz CT molecular complexity index is 1070. The lowest BCUT2D eigenvalue weighted by atomic mass is 9.80. The maximum absolute atomic E-state index is 3.82. The van der Waals surface area contributed by atoms with E-state index in [2.05, 4.69) is 126 Å². The summed E-state index contributed by atoms with van der Waals surface area (Å²) in [6, 6.07) is 17.9. The molecule has 0 bridgehead atoms. The molecular formula is C34H42. The van der Waals surface area contributed by atoms with E-state index >= 15 is 0 Å². The molecule has 0 aliphatic carbocycles. The zero-order valence-electron chi connectivity index (χ0n) is 21.9. The van der Waals surface area contributed by atoms with Gasteiger partial charge in [-0.05, 0) is 72.6 Å². The standard InChI is InChI=1S/C34H42/c1-7-10-12-13-14-15-22-28(5)30-23-16-18-25-33(30)32(20-9-3)34-26-19-17-24-31(34)29(6)27(4)21-11-8-2/h8,11-19,21-26,32H,2,7,9-10,20H2,1,3-6H3/b13-12+,15-14-,21-11-,28-22+,29-27+/t32-/m1/s1. The van der Waals surface area contributed by atoms with Crippen LogP contribution in [0.1, 0.15) is 88.5 Å². The van der Waals surface area contributed by atoms with E-state index in [0.29, 0.717) is 5.92 Å². The van der Waals surface area contributed by atoms with E-state index in [1.165, 1.54) is 45.4 Å². The van der Waals surface area contributed by atoms with Crippen molar-refractivity contribution in [3.05, 3.63) is 132 Å². The van der Waals surface area contributed by atoms with Crippen LogP contribution in [0.25, 0.3) is 11.1 Å². The molecule has 0 amide bonds. The molecule has 2 aromatic rings. The quantitative estimate of drug-likeness (QED) is 0.282. The molecule has 0 heterocycles. The van der Waals surface area contributed by atoms with Crippen molar-refractivity contribution in [2.75, 3.05) is 0 Å². The average molecular weight is 451 g/mol. The van der Waals surface area contributed by atoms with Gasteiger partial charge in [-0.25, -0.2) is 0 Å². The molecule has 0 saturated carbocycles. The zero-order chi connectivity index (χ0) is 24.8. The molecule has 0 saturated heterocycles. The molecule has 0 heteroatoms. The van der Waals surface area contributed by atoms with E-state index in [0.717, 1.165) is 19.3 Å². The molecule has 2 rings (SSSR count). The summed E-state index contributed by atoms with van der Waals surface area (Å²) in [5, 5.41) is 0. The molecular weight excluding hydrogens is 408 g/mol. The van der Waals surface area contributed by atoms with Gasteiger partial charge >= 0.3 is 0 Å². The van der Waals surface area contributed by atoms with Gasteiger partial charge in [-0.1, -0.05) is 130 Å². The first-order chi connectivity index (χ1) is 16.5. The topological polar surface area (TPSA) is 0 Å². The summed E-state index contributed by atoms with van der Waals surface area (Å²) in [4.78, 5) is 0. The molecule has 0 aromatic heterocycles. The van der Waals surface area contributed by atoms with E-state index < -0.39 is 0 Å². The first-order valence-electron chi connectivity index (χ1n) is 12.7. The largest absolute Gasteiger partial charge is 0.0991 e. The van der Waals surface area contributed by atoms with Crippen molar-refractivity contribution in [3.8, 4) is 0 Å². The predicted molar refractivity (Wildman–Crippen MR) is 154 cm³/mol. The van der Waals surface area contributed by atoms with E-state index in [1.807, 2.05) is 12.2 Å². The lowest BCUT2D eigenvalue weighted by Crippen LogP contribution is -2.07. The van der Waals surface area contributed by atoms with Gasteiger partial charge in [-0.15, -0.1) is 0 Å². The summed E-state index contributed by atoms with van der Waals surface area (Å²) < 4.78 is 0. The summed E-state index contributed by atoms with van der Waals surface area (Å²) in [6.45, 7) is 15.0. The zero-order valence-corrected chi connectivity index (χ0v) is 21.9. The highest BCUT2D eigenvalue weighted by atomic mass is 14.2. The minimum atomic E-state index is 0.348. The highest BCUT2D eigenvalue weighted by Gasteiger charge is 2.20. The first kappa shape index (κ1) is 27.1. The molecule has 0 fully saturated rings. The number of unbranched alkanes of at least 4 members (excludes halogenated alkanes) is 1. The van der Waals surface area contributed by atoms with Crippen LogP contribution in [0.3, 0.4) is 0 Å². The van der Waals surface area contributed by atoms with Crippen LogP contribution >= 0.6 is 0 Å². The van der Waals surface area contributed by atoms with Crippen LogP contribution in [0.5, 0.6) is 0 Å². The van der Waals surface area contributed by atoms with E-state index in [-0.39, 0.29) is 0 Å². The molecule has 0 spiro atoms. The normalized spacial score (nSPS) is 14.2. The molecule has 0 radical (unpaired) electrons. The van der Waals surface area contributed by atoms with Crippen molar-refractivity contribution in [2.45, 2.75) is 66.2 Å². The Morgan fingerprint density at radius 3 is 2.09 bits per heavy atom. The van der Waals surface area contributed by atoms with Gasteiger partial charge in [0.1, 0.15) is 0 Å². The summed E-state index contributed by atoms with van der Waals surface area (Å²) in [5.41, 5.74) is 9.38. The molecule has 34 heavy (non-hydrogen) atoms. The number of allylic oxidation sites excluding steroid dienone is 11. The van der Waals surface area contributed by atoms with Gasteiger partial charge in [0.15, 0.2) is 0 Å². The lowest BCUT2D eigenvalue weighted by molar-refractivity contribution is 0.695. The van der Waals surface area contributed by atoms with Crippen LogP contribution in [-0.4, -0.2) is 0 Å². The minimum absolute atomic E-state index is 0.348. The Morgan fingerprint density at radius 2 is 1.44 bits per heavy atom. The Kier molecular flexibility index (Phi) is 11.9. The van der Waals surface area contributed by atoms with Gasteiger partial charge in [0.2, 0.25) is 0 Å².